The van der Waals surface area contributed by atoms with E-state index in [-0.39, 0.29) is 0 Å². The molecule has 0 aliphatic rings. The third-order valence-electron chi connectivity index (χ3n) is 10.9. The summed E-state index contributed by atoms with van der Waals surface area (Å²) in [5.41, 5.74) is 12.2. The molecule has 0 heterocycles. The molecule has 246 valence electrons. The van der Waals surface area contributed by atoms with Crippen molar-refractivity contribution in [1.29, 1.82) is 0 Å². The lowest BCUT2D eigenvalue weighted by Crippen LogP contribution is -2.11. The minimum absolute atomic E-state index is 1.14. The molecular formula is C51H37N. The highest BCUT2D eigenvalue weighted by molar-refractivity contribution is 6.27. The van der Waals surface area contributed by atoms with Gasteiger partial charge in [-0.3, -0.25) is 0 Å². The zero-order valence-corrected chi connectivity index (χ0v) is 29.6. The van der Waals surface area contributed by atoms with Crippen LogP contribution < -0.4 is 4.90 Å². The minimum atomic E-state index is 1.14. The highest BCUT2D eigenvalue weighted by Crippen LogP contribution is 2.49. The van der Waals surface area contributed by atoms with Crippen molar-refractivity contribution in [1.82, 2.24) is 0 Å². The molecule has 52 heavy (non-hydrogen) atoms. The second-order valence-electron chi connectivity index (χ2n) is 14.4. The molecule has 0 saturated heterocycles. The first-order valence-electron chi connectivity index (χ1n) is 18.2. The summed E-state index contributed by atoms with van der Waals surface area (Å²) >= 11 is 0. The first-order valence-corrected chi connectivity index (χ1v) is 18.2. The molecule has 10 aromatic carbocycles. The highest BCUT2D eigenvalue weighted by atomic mass is 15.1. The Morgan fingerprint density at radius 3 is 1.46 bits per heavy atom. The summed E-state index contributed by atoms with van der Waals surface area (Å²) in [4.78, 5) is 2.44. The molecule has 10 aromatic rings. The van der Waals surface area contributed by atoms with Gasteiger partial charge in [0, 0.05) is 22.1 Å². The Labute approximate surface area is 304 Å². The molecule has 0 atom stereocenters. The molecule has 0 amide bonds. The summed E-state index contributed by atoms with van der Waals surface area (Å²) < 4.78 is 0. The smallest absolute Gasteiger partial charge is 0.0618 e. The van der Waals surface area contributed by atoms with E-state index in [0.717, 1.165) is 11.4 Å². The van der Waals surface area contributed by atoms with E-state index in [1.165, 1.54) is 98.5 Å². The predicted molar refractivity (Wildman–Crippen MR) is 225 cm³/mol. The van der Waals surface area contributed by atoms with Crippen LogP contribution in [0.3, 0.4) is 0 Å². The van der Waals surface area contributed by atoms with Crippen LogP contribution in [0.5, 0.6) is 0 Å². The zero-order valence-electron chi connectivity index (χ0n) is 29.6. The SMILES string of the molecule is Cc1ccc(N(c2ccc(C)cc2)c2c3ccccc3c(-c3cc(C)cc(-c4cc5cccc6ccc7cccc4c7c65)c3)c3ccccc23)cc1. The summed E-state index contributed by atoms with van der Waals surface area (Å²) in [7, 11) is 0. The van der Waals surface area contributed by atoms with E-state index >= 15 is 0 Å². The van der Waals surface area contributed by atoms with Crippen molar-refractivity contribution in [3.8, 4) is 22.3 Å². The van der Waals surface area contributed by atoms with E-state index in [2.05, 4.69) is 196 Å². The van der Waals surface area contributed by atoms with Crippen molar-refractivity contribution in [2.75, 3.05) is 4.90 Å². The van der Waals surface area contributed by atoms with Crippen molar-refractivity contribution in [3.05, 3.63) is 187 Å². The molecule has 0 spiro atoms. The van der Waals surface area contributed by atoms with Gasteiger partial charge in [-0.25, -0.2) is 0 Å². The molecule has 1 nitrogen and oxygen atoms in total. The predicted octanol–water partition coefficient (Wildman–Crippen LogP) is 14.6. The molecule has 1 heteroatoms. The van der Waals surface area contributed by atoms with Gasteiger partial charge in [-0.1, -0.05) is 145 Å². The maximum absolute atomic E-state index is 2.44. The van der Waals surface area contributed by atoms with Crippen LogP contribution in [0, 0.1) is 20.8 Å². The van der Waals surface area contributed by atoms with E-state index < -0.39 is 0 Å². The Kier molecular flexibility index (Phi) is 6.91. The molecule has 0 bridgehead atoms. The Morgan fingerprint density at radius 1 is 0.346 bits per heavy atom. The number of hydrogen-bond acceptors (Lipinski definition) is 1. The van der Waals surface area contributed by atoms with Crippen molar-refractivity contribution >= 4 is 70.9 Å². The molecule has 0 aliphatic carbocycles. The molecule has 0 saturated carbocycles. The van der Waals surface area contributed by atoms with Crippen molar-refractivity contribution < 1.29 is 0 Å². The van der Waals surface area contributed by atoms with Crippen molar-refractivity contribution in [2.45, 2.75) is 20.8 Å². The monoisotopic (exact) mass is 663 g/mol. The number of fused-ring (bicyclic) bond motifs is 2. The number of rotatable bonds is 5. The van der Waals surface area contributed by atoms with Gasteiger partial charge < -0.3 is 4.90 Å². The topological polar surface area (TPSA) is 3.24 Å². The van der Waals surface area contributed by atoms with Gasteiger partial charge in [-0.2, -0.15) is 0 Å². The normalized spacial score (nSPS) is 11.8. The fourth-order valence-electron chi connectivity index (χ4n) is 8.54. The maximum atomic E-state index is 2.44. The summed E-state index contributed by atoms with van der Waals surface area (Å²) in [6.45, 7) is 6.54. The lowest BCUT2D eigenvalue weighted by Gasteiger charge is -2.30. The average molecular weight is 664 g/mol. The molecule has 10 rings (SSSR count). The standard InChI is InChI=1S/C51H37N/c1-32-18-24-40(25-19-32)52(41-26-20-33(2)21-27-41)51-45-15-6-4-13-42(45)49(43-14-5-7-16-46(43)51)39-29-34(3)28-38(30-39)47-31-37-12-8-10-35-22-23-36-11-9-17-44(47)50(36)48(35)37/h4-31H,1-3H3. The van der Waals surface area contributed by atoms with Crippen LogP contribution in [0.2, 0.25) is 0 Å². The second-order valence-corrected chi connectivity index (χ2v) is 14.4. The minimum Gasteiger partial charge on any atom is -0.309 e. The summed E-state index contributed by atoms with van der Waals surface area (Å²) in [6.07, 6.45) is 0. The Balaban J connectivity index is 1.26. The van der Waals surface area contributed by atoms with Gasteiger partial charge in [0.25, 0.3) is 0 Å². The van der Waals surface area contributed by atoms with Gasteiger partial charge in [0.1, 0.15) is 0 Å². The first-order chi connectivity index (χ1) is 25.5. The quantitative estimate of drug-likeness (QED) is 0.131. The number of benzene rings is 10. The van der Waals surface area contributed by atoms with Crippen LogP contribution in [-0.4, -0.2) is 0 Å². The lowest BCUT2D eigenvalue weighted by molar-refractivity contribution is 1.29. The highest BCUT2D eigenvalue weighted by Gasteiger charge is 2.23. The van der Waals surface area contributed by atoms with Crippen LogP contribution >= 0.6 is 0 Å². The molecule has 0 unspecified atom stereocenters. The van der Waals surface area contributed by atoms with Gasteiger partial charge >= 0.3 is 0 Å². The summed E-state index contributed by atoms with van der Waals surface area (Å²) in [6, 6.07) is 63.3. The third-order valence-corrected chi connectivity index (χ3v) is 10.9. The van der Waals surface area contributed by atoms with Crippen LogP contribution in [-0.2, 0) is 0 Å². The Hall–Kier alpha value is -6.44. The van der Waals surface area contributed by atoms with Crippen molar-refractivity contribution in [3.63, 3.8) is 0 Å². The molecular weight excluding hydrogens is 627 g/mol. The van der Waals surface area contributed by atoms with Crippen molar-refractivity contribution in [2.24, 2.45) is 0 Å². The molecule has 0 N–H and O–H groups in total. The molecule has 0 radical (unpaired) electrons. The number of nitrogens with zero attached hydrogens (tertiary/aromatic N) is 1. The third kappa shape index (κ3) is 4.77. The van der Waals surface area contributed by atoms with Gasteiger partial charge in [0.2, 0.25) is 0 Å². The largest absolute Gasteiger partial charge is 0.309 e. The zero-order chi connectivity index (χ0) is 34.9. The fourth-order valence-corrected chi connectivity index (χ4v) is 8.54. The summed E-state index contributed by atoms with van der Waals surface area (Å²) in [5, 5.41) is 12.8. The van der Waals surface area contributed by atoms with Gasteiger partial charge in [-0.15, -0.1) is 0 Å². The maximum Gasteiger partial charge on any atom is 0.0618 e. The van der Waals surface area contributed by atoms with E-state index in [1.807, 2.05) is 0 Å². The van der Waals surface area contributed by atoms with Crippen LogP contribution in [0.15, 0.2) is 170 Å². The summed E-state index contributed by atoms with van der Waals surface area (Å²) in [5.74, 6) is 0. The van der Waals surface area contributed by atoms with Gasteiger partial charge in [0.15, 0.2) is 0 Å². The van der Waals surface area contributed by atoms with Gasteiger partial charge in [0.05, 0.1) is 5.69 Å². The van der Waals surface area contributed by atoms with Gasteiger partial charge in [-0.05, 0) is 128 Å². The van der Waals surface area contributed by atoms with Crippen LogP contribution in [0.25, 0.3) is 76.1 Å². The lowest BCUT2D eigenvalue weighted by atomic mass is 9.86. The van der Waals surface area contributed by atoms with Crippen LogP contribution in [0.1, 0.15) is 16.7 Å². The number of hydrogen-bond donors (Lipinski definition) is 0. The average Bonchev–Trinajstić information content (AvgIpc) is 3.18. The Bertz CT molecular complexity index is 2870. The van der Waals surface area contributed by atoms with Crippen LogP contribution in [0.4, 0.5) is 17.1 Å². The first kappa shape index (κ1) is 30.4. The molecule has 0 aromatic heterocycles. The molecule has 0 aliphatic heterocycles. The van der Waals surface area contributed by atoms with E-state index in [0.29, 0.717) is 0 Å². The Morgan fingerprint density at radius 2 is 0.846 bits per heavy atom. The molecule has 0 fully saturated rings. The van der Waals surface area contributed by atoms with E-state index in [1.54, 1.807) is 0 Å². The van der Waals surface area contributed by atoms with E-state index in [9.17, 15) is 0 Å². The number of aryl methyl sites for hydroxylation is 3. The fraction of sp³-hybridized carbons (Fsp3) is 0.0588. The van der Waals surface area contributed by atoms with E-state index in [4.69, 9.17) is 0 Å². The second kappa shape index (κ2) is 11.8. The number of anilines is 3.